The summed E-state index contributed by atoms with van der Waals surface area (Å²) in [5.74, 6) is 0.174. The molecule has 1 aromatic heterocycles. The third kappa shape index (κ3) is 2.65. The lowest BCUT2D eigenvalue weighted by Gasteiger charge is -2.15. The molecule has 0 bridgehead atoms. The third-order valence-electron chi connectivity index (χ3n) is 4.21. The molecule has 2 aromatic carbocycles. The molecule has 0 atom stereocenters. The molecule has 0 radical (unpaired) electrons. The standard InChI is InChI=1S/C18H13N3O4/c22-18(15-11-17(25-19-15)13-4-2-1-3-5-13)20-9-8-12-6-7-14(21(23)24)10-16(12)20/h1-7,10-11H,8-9H2. The summed E-state index contributed by atoms with van der Waals surface area (Å²) in [6.45, 7) is 0.461. The maximum absolute atomic E-state index is 12.8. The van der Waals surface area contributed by atoms with Gasteiger partial charge >= 0.3 is 0 Å². The van der Waals surface area contributed by atoms with Crippen molar-refractivity contribution in [1.29, 1.82) is 0 Å². The van der Waals surface area contributed by atoms with Crippen molar-refractivity contribution in [2.45, 2.75) is 6.42 Å². The number of hydrogen-bond acceptors (Lipinski definition) is 5. The normalized spacial score (nSPS) is 12.9. The highest BCUT2D eigenvalue weighted by Crippen LogP contribution is 2.33. The topological polar surface area (TPSA) is 89.5 Å². The first-order valence-electron chi connectivity index (χ1n) is 7.75. The summed E-state index contributed by atoms with van der Waals surface area (Å²) in [7, 11) is 0. The molecule has 3 aromatic rings. The van der Waals surface area contributed by atoms with E-state index in [2.05, 4.69) is 5.16 Å². The fraction of sp³-hybridized carbons (Fsp3) is 0.111. The fourth-order valence-electron chi connectivity index (χ4n) is 2.94. The van der Waals surface area contributed by atoms with Gasteiger partial charge in [-0.15, -0.1) is 0 Å². The Morgan fingerprint density at radius 2 is 1.96 bits per heavy atom. The summed E-state index contributed by atoms with van der Waals surface area (Å²) in [5.41, 5.74) is 2.43. The van der Waals surface area contributed by atoms with Crippen LogP contribution in [0, 0.1) is 10.1 Å². The molecule has 0 fully saturated rings. The summed E-state index contributed by atoms with van der Waals surface area (Å²) >= 11 is 0. The molecule has 4 rings (SSSR count). The van der Waals surface area contributed by atoms with Crippen LogP contribution in [0.4, 0.5) is 11.4 Å². The van der Waals surface area contributed by atoms with Crippen LogP contribution in [-0.2, 0) is 6.42 Å². The van der Waals surface area contributed by atoms with Crippen molar-refractivity contribution < 1.29 is 14.2 Å². The molecule has 1 amide bonds. The molecule has 0 unspecified atom stereocenters. The lowest BCUT2D eigenvalue weighted by Crippen LogP contribution is -2.29. The van der Waals surface area contributed by atoms with Crippen molar-refractivity contribution in [3.05, 3.63) is 76.0 Å². The van der Waals surface area contributed by atoms with Gasteiger partial charge in [0.1, 0.15) is 0 Å². The Balaban J connectivity index is 1.65. The Labute approximate surface area is 142 Å². The van der Waals surface area contributed by atoms with Crippen molar-refractivity contribution in [2.75, 3.05) is 11.4 Å². The number of amides is 1. The minimum absolute atomic E-state index is 0.0384. The number of hydrogen-bond donors (Lipinski definition) is 0. The van der Waals surface area contributed by atoms with E-state index in [-0.39, 0.29) is 17.3 Å². The van der Waals surface area contributed by atoms with Gasteiger partial charge in [-0.3, -0.25) is 14.9 Å². The van der Waals surface area contributed by atoms with Crippen LogP contribution in [0.3, 0.4) is 0 Å². The van der Waals surface area contributed by atoms with E-state index in [9.17, 15) is 14.9 Å². The van der Waals surface area contributed by atoms with Crippen molar-refractivity contribution in [3.63, 3.8) is 0 Å². The molecule has 2 heterocycles. The summed E-state index contributed by atoms with van der Waals surface area (Å²) in [6, 6.07) is 15.5. The number of nitrogens with zero attached hydrogens (tertiary/aromatic N) is 3. The van der Waals surface area contributed by atoms with E-state index in [1.54, 1.807) is 12.1 Å². The van der Waals surface area contributed by atoms with Gasteiger partial charge in [-0.25, -0.2) is 0 Å². The number of non-ortho nitro benzene ring substituents is 1. The van der Waals surface area contributed by atoms with Gasteiger partial charge < -0.3 is 9.42 Å². The lowest BCUT2D eigenvalue weighted by atomic mass is 10.1. The molecule has 1 aliphatic heterocycles. The monoisotopic (exact) mass is 335 g/mol. The maximum Gasteiger partial charge on any atom is 0.280 e. The minimum Gasteiger partial charge on any atom is -0.355 e. The summed E-state index contributed by atoms with van der Waals surface area (Å²) < 4.78 is 5.28. The van der Waals surface area contributed by atoms with Crippen molar-refractivity contribution >= 4 is 17.3 Å². The van der Waals surface area contributed by atoms with E-state index in [0.29, 0.717) is 24.4 Å². The first-order chi connectivity index (χ1) is 12.1. The van der Waals surface area contributed by atoms with Crippen LogP contribution in [0.15, 0.2) is 59.1 Å². The number of carbonyl (C=O) groups is 1. The lowest BCUT2D eigenvalue weighted by molar-refractivity contribution is -0.384. The highest BCUT2D eigenvalue weighted by atomic mass is 16.6. The van der Waals surface area contributed by atoms with Gasteiger partial charge in [0.2, 0.25) is 0 Å². The zero-order valence-corrected chi connectivity index (χ0v) is 13.1. The molecular formula is C18H13N3O4. The van der Waals surface area contributed by atoms with Gasteiger partial charge in [0.25, 0.3) is 11.6 Å². The van der Waals surface area contributed by atoms with Gasteiger partial charge in [0.15, 0.2) is 11.5 Å². The second-order valence-corrected chi connectivity index (χ2v) is 5.72. The number of nitro benzene ring substituents is 1. The van der Waals surface area contributed by atoms with Gasteiger partial charge in [-0.1, -0.05) is 41.6 Å². The maximum atomic E-state index is 12.8. The Kier molecular flexibility index (Phi) is 3.53. The number of fused-ring (bicyclic) bond motifs is 1. The molecule has 124 valence electrons. The first-order valence-corrected chi connectivity index (χ1v) is 7.75. The first kappa shape index (κ1) is 15.1. The molecule has 0 N–H and O–H groups in total. The predicted molar refractivity (Wildman–Crippen MR) is 90.4 cm³/mol. The summed E-state index contributed by atoms with van der Waals surface area (Å²) in [6.07, 6.45) is 0.655. The van der Waals surface area contributed by atoms with E-state index < -0.39 is 4.92 Å². The Hall–Kier alpha value is -3.48. The highest BCUT2D eigenvalue weighted by molar-refractivity contribution is 6.06. The summed E-state index contributed by atoms with van der Waals surface area (Å²) in [5, 5.41) is 14.8. The number of aromatic nitrogens is 1. The molecule has 0 saturated carbocycles. The van der Waals surface area contributed by atoms with E-state index >= 15 is 0 Å². The Bertz CT molecular complexity index is 965. The van der Waals surface area contributed by atoms with E-state index in [4.69, 9.17) is 4.52 Å². The molecule has 7 heteroatoms. The molecule has 25 heavy (non-hydrogen) atoms. The zero-order chi connectivity index (χ0) is 17.4. The van der Waals surface area contributed by atoms with Gasteiger partial charge in [-0.05, 0) is 12.0 Å². The zero-order valence-electron chi connectivity index (χ0n) is 13.1. The van der Waals surface area contributed by atoms with Crippen LogP contribution in [0.1, 0.15) is 16.1 Å². The van der Waals surface area contributed by atoms with E-state index in [1.165, 1.54) is 17.0 Å². The van der Waals surface area contributed by atoms with Crippen molar-refractivity contribution in [3.8, 4) is 11.3 Å². The largest absolute Gasteiger partial charge is 0.355 e. The number of anilines is 1. The molecule has 7 nitrogen and oxygen atoms in total. The van der Waals surface area contributed by atoms with Gasteiger partial charge in [0.05, 0.1) is 10.6 Å². The SMILES string of the molecule is O=C(c1cc(-c2ccccc2)on1)N1CCc2ccc([N+](=O)[O-])cc21. The van der Waals surface area contributed by atoms with Gasteiger partial charge in [-0.2, -0.15) is 0 Å². The van der Waals surface area contributed by atoms with E-state index in [0.717, 1.165) is 11.1 Å². The second kappa shape index (κ2) is 5.86. The minimum atomic E-state index is -0.467. The van der Waals surface area contributed by atoms with Crippen LogP contribution in [0.5, 0.6) is 0 Å². The quantitative estimate of drug-likeness (QED) is 0.540. The summed E-state index contributed by atoms with van der Waals surface area (Å²) in [4.78, 5) is 24.8. The molecule has 0 spiro atoms. The van der Waals surface area contributed by atoms with Crippen LogP contribution in [0.25, 0.3) is 11.3 Å². The van der Waals surface area contributed by atoms with Crippen LogP contribution < -0.4 is 4.90 Å². The second-order valence-electron chi connectivity index (χ2n) is 5.72. The van der Waals surface area contributed by atoms with Crippen LogP contribution in [-0.4, -0.2) is 22.5 Å². The average Bonchev–Trinajstić information content (AvgIpc) is 3.28. The van der Waals surface area contributed by atoms with Crippen molar-refractivity contribution in [1.82, 2.24) is 5.16 Å². The fourth-order valence-corrected chi connectivity index (χ4v) is 2.94. The number of nitro groups is 1. The smallest absolute Gasteiger partial charge is 0.280 e. The van der Waals surface area contributed by atoms with Crippen molar-refractivity contribution in [2.24, 2.45) is 0 Å². The molecule has 0 saturated heterocycles. The molecule has 0 aliphatic carbocycles. The van der Waals surface area contributed by atoms with Crippen LogP contribution in [0.2, 0.25) is 0 Å². The average molecular weight is 335 g/mol. The molecule has 1 aliphatic rings. The predicted octanol–water partition coefficient (Wildman–Crippen LogP) is 3.45. The van der Waals surface area contributed by atoms with E-state index in [1.807, 2.05) is 30.3 Å². The Morgan fingerprint density at radius 3 is 2.72 bits per heavy atom. The third-order valence-corrected chi connectivity index (χ3v) is 4.21. The number of carbonyl (C=O) groups excluding carboxylic acids is 1. The highest BCUT2D eigenvalue weighted by Gasteiger charge is 2.29. The number of benzene rings is 2. The molecular weight excluding hydrogens is 322 g/mol. The Morgan fingerprint density at radius 1 is 1.16 bits per heavy atom. The van der Waals surface area contributed by atoms with Crippen LogP contribution >= 0.6 is 0 Å². The number of rotatable bonds is 3. The van der Waals surface area contributed by atoms with Gasteiger partial charge in [0, 0.05) is 30.3 Å².